The summed E-state index contributed by atoms with van der Waals surface area (Å²) in [6.45, 7) is 1.50. The van der Waals surface area contributed by atoms with Gasteiger partial charge in [-0.25, -0.2) is 9.78 Å². The van der Waals surface area contributed by atoms with Gasteiger partial charge in [0, 0.05) is 13.1 Å². The first kappa shape index (κ1) is 13.3. The summed E-state index contributed by atoms with van der Waals surface area (Å²) in [7, 11) is 1.31. The number of thioether (sulfide) groups is 1. The van der Waals surface area contributed by atoms with E-state index in [0.717, 1.165) is 11.8 Å². The molecule has 0 saturated heterocycles. The molecule has 0 N–H and O–H groups in total. The standard InChI is InChI=1S/C12H11NO3S/c1-9(14)17-7-3-4-11-6-5-10(8-13-11)12(15)16-2/h5-6,8H,7H2,1-2H3. The molecule has 1 aromatic rings. The first-order valence-electron chi connectivity index (χ1n) is 4.80. The predicted octanol–water partition coefficient (Wildman–Crippen LogP) is 1.50. The minimum absolute atomic E-state index is 0.0355. The summed E-state index contributed by atoms with van der Waals surface area (Å²) in [4.78, 5) is 25.8. The van der Waals surface area contributed by atoms with Crippen molar-refractivity contribution in [3.8, 4) is 11.8 Å². The van der Waals surface area contributed by atoms with Crippen LogP contribution < -0.4 is 0 Å². The average molecular weight is 249 g/mol. The third-order valence-electron chi connectivity index (χ3n) is 1.75. The molecule has 5 heteroatoms. The Kier molecular flexibility index (Phi) is 5.24. The van der Waals surface area contributed by atoms with Crippen LogP contribution in [0.2, 0.25) is 0 Å². The zero-order chi connectivity index (χ0) is 12.7. The lowest BCUT2D eigenvalue weighted by Gasteiger charge is -1.97. The number of ether oxygens (including phenoxy) is 1. The second kappa shape index (κ2) is 6.71. The molecule has 4 nitrogen and oxygen atoms in total. The Bertz CT molecular complexity index is 471. The molecule has 0 aliphatic rings. The van der Waals surface area contributed by atoms with E-state index < -0.39 is 5.97 Å². The van der Waals surface area contributed by atoms with Crippen LogP contribution in [0.25, 0.3) is 0 Å². The number of rotatable bonds is 2. The van der Waals surface area contributed by atoms with Crippen LogP contribution in [0.1, 0.15) is 23.0 Å². The molecule has 0 aliphatic heterocycles. The van der Waals surface area contributed by atoms with Gasteiger partial charge < -0.3 is 4.74 Å². The molecular weight excluding hydrogens is 238 g/mol. The predicted molar refractivity (Wildman–Crippen MR) is 65.6 cm³/mol. The fourth-order valence-corrected chi connectivity index (χ4v) is 1.32. The number of hydrogen-bond acceptors (Lipinski definition) is 5. The Morgan fingerprint density at radius 1 is 1.47 bits per heavy atom. The van der Waals surface area contributed by atoms with Crippen LogP contribution in [-0.4, -0.2) is 28.9 Å². The van der Waals surface area contributed by atoms with Crippen molar-refractivity contribution >= 4 is 22.8 Å². The van der Waals surface area contributed by atoms with Gasteiger partial charge in [-0.15, -0.1) is 0 Å². The van der Waals surface area contributed by atoms with Crippen molar-refractivity contribution in [3.63, 3.8) is 0 Å². The monoisotopic (exact) mass is 249 g/mol. The second-order valence-corrected chi connectivity index (χ2v) is 4.16. The van der Waals surface area contributed by atoms with Crippen LogP contribution in [0.5, 0.6) is 0 Å². The van der Waals surface area contributed by atoms with E-state index in [1.165, 1.54) is 20.2 Å². The first-order valence-corrected chi connectivity index (χ1v) is 5.78. The molecule has 0 aromatic carbocycles. The maximum Gasteiger partial charge on any atom is 0.339 e. The summed E-state index contributed by atoms with van der Waals surface area (Å²) in [6, 6.07) is 3.23. The Morgan fingerprint density at radius 3 is 2.76 bits per heavy atom. The van der Waals surface area contributed by atoms with Crippen LogP contribution in [0.15, 0.2) is 18.3 Å². The zero-order valence-corrected chi connectivity index (χ0v) is 10.3. The van der Waals surface area contributed by atoms with E-state index in [4.69, 9.17) is 0 Å². The van der Waals surface area contributed by atoms with Gasteiger partial charge in [0.25, 0.3) is 0 Å². The number of aromatic nitrogens is 1. The van der Waals surface area contributed by atoms with Crippen LogP contribution in [0, 0.1) is 11.8 Å². The molecule has 0 saturated carbocycles. The molecule has 0 amide bonds. The molecule has 0 fully saturated rings. The molecule has 0 atom stereocenters. The van der Waals surface area contributed by atoms with Gasteiger partial charge in [0.15, 0.2) is 5.12 Å². The number of carbonyl (C=O) groups is 2. The number of carbonyl (C=O) groups excluding carboxylic acids is 2. The van der Waals surface area contributed by atoms with E-state index in [1.54, 1.807) is 12.1 Å². The van der Waals surface area contributed by atoms with E-state index in [-0.39, 0.29) is 5.12 Å². The Morgan fingerprint density at radius 2 is 2.24 bits per heavy atom. The molecule has 17 heavy (non-hydrogen) atoms. The van der Waals surface area contributed by atoms with Crippen molar-refractivity contribution in [2.24, 2.45) is 0 Å². The molecule has 0 bridgehead atoms. The Labute approximate surface area is 104 Å². The number of esters is 1. The van der Waals surface area contributed by atoms with Gasteiger partial charge in [-0.2, -0.15) is 0 Å². The van der Waals surface area contributed by atoms with E-state index in [2.05, 4.69) is 21.6 Å². The molecule has 1 heterocycles. The molecule has 88 valence electrons. The summed E-state index contributed by atoms with van der Waals surface area (Å²) >= 11 is 1.15. The van der Waals surface area contributed by atoms with Gasteiger partial charge in [-0.1, -0.05) is 17.7 Å². The van der Waals surface area contributed by atoms with Gasteiger partial charge in [-0.05, 0) is 18.1 Å². The van der Waals surface area contributed by atoms with Gasteiger partial charge in [0.2, 0.25) is 0 Å². The lowest BCUT2D eigenvalue weighted by molar-refractivity contribution is -0.109. The van der Waals surface area contributed by atoms with Crippen molar-refractivity contribution in [1.82, 2.24) is 4.98 Å². The molecule has 0 radical (unpaired) electrons. The topological polar surface area (TPSA) is 56.3 Å². The largest absolute Gasteiger partial charge is 0.465 e. The lowest BCUT2D eigenvalue weighted by Crippen LogP contribution is -2.01. The summed E-state index contributed by atoms with van der Waals surface area (Å²) < 4.78 is 4.55. The summed E-state index contributed by atoms with van der Waals surface area (Å²) in [5.41, 5.74) is 0.943. The van der Waals surface area contributed by atoms with Crippen molar-refractivity contribution in [2.75, 3.05) is 12.9 Å². The maximum absolute atomic E-state index is 11.1. The van der Waals surface area contributed by atoms with Crippen LogP contribution in [0.4, 0.5) is 0 Å². The van der Waals surface area contributed by atoms with Crippen molar-refractivity contribution in [3.05, 3.63) is 29.6 Å². The fraction of sp³-hybridized carbons (Fsp3) is 0.250. The highest BCUT2D eigenvalue weighted by Crippen LogP contribution is 2.02. The number of hydrogen-bond donors (Lipinski definition) is 0. The van der Waals surface area contributed by atoms with Crippen molar-refractivity contribution in [1.29, 1.82) is 0 Å². The Hall–Kier alpha value is -1.80. The maximum atomic E-state index is 11.1. The molecule has 0 aliphatic carbocycles. The molecule has 1 aromatic heterocycles. The van der Waals surface area contributed by atoms with Crippen molar-refractivity contribution < 1.29 is 14.3 Å². The highest BCUT2D eigenvalue weighted by atomic mass is 32.2. The molecule has 0 unspecified atom stereocenters. The minimum Gasteiger partial charge on any atom is -0.465 e. The molecule has 1 rings (SSSR count). The van der Waals surface area contributed by atoms with Crippen LogP contribution in [-0.2, 0) is 9.53 Å². The number of pyridine rings is 1. The zero-order valence-electron chi connectivity index (χ0n) is 9.52. The van der Waals surface area contributed by atoms with E-state index in [0.29, 0.717) is 17.0 Å². The average Bonchev–Trinajstić information content (AvgIpc) is 2.34. The van der Waals surface area contributed by atoms with E-state index >= 15 is 0 Å². The number of methoxy groups -OCH3 is 1. The van der Waals surface area contributed by atoms with Crippen molar-refractivity contribution in [2.45, 2.75) is 6.92 Å². The van der Waals surface area contributed by atoms with Crippen LogP contribution >= 0.6 is 11.8 Å². The van der Waals surface area contributed by atoms with Crippen LogP contribution in [0.3, 0.4) is 0 Å². The summed E-state index contributed by atoms with van der Waals surface area (Å²) in [5, 5.41) is 0.0355. The first-order chi connectivity index (χ1) is 8.13. The Balaban J connectivity index is 2.62. The summed E-state index contributed by atoms with van der Waals surface area (Å²) in [6.07, 6.45) is 1.41. The quantitative estimate of drug-likeness (QED) is 0.587. The van der Waals surface area contributed by atoms with E-state index in [1.807, 2.05) is 0 Å². The second-order valence-electron chi connectivity index (χ2n) is 3.01. The fourth-order valence-electron chi connectivity index (χ4n) is 0.971. The lowest BCUT2D eigenvalue weighted by atomic mass is 10.2. The van der Waals surface area contributed by atoms with Gasteiger partial charge in [-0.3, -0.25) is 4.79 Å². The van der Waals surface area contributed by atoms with Gasteiger partial charge >= 0.3 is 5.97 Å². The highest BCUT2D eigenvalue weighted by Gasteiger charge is 2.03. The normalized spacial score (nSPS) is 9.06. The minimum atomic E-state index is -0.427. The number of nitrogens with zero attached hydrogens (tertiary/aromatic N) is 1. The third kappa shape index (κ3) is 4.70. The summed E-state index contributed by atoms with van der Waals surface area (Å²) in [5.74, 6) is 5.62. The highest BCUT2D eigenvalue weighted by molar-refractivity contribution is 8.13. The smallest absolute Gasteiger partial charge is 0.339 e. The third-order valence-corrected chi connectivity index (χ3v) is 2.44. The van der Waals surface area contributed by atoms with Gasteiger partial charge in [0.1, 0.15) is 5.69 Å². The molecule has 0 spiro atoms. The molecular formula is C12H11NO3S. The SMILES string of the molecule is COC(=O)c1ccc(C#CCSC(C)=O)nc1. The van der Waals surface area contributed by atoms with Gasteiger partial charge in [0.05, 0.1) is 18.4 Å². The van der Waals surface area contributed by atoms with E-state index in [9.17, 15) is 9.59 Å².